The monoisotopic (exact) mass is 316 g/mol. The lowest BCUT2D eigenvalue weighted by Crippen LogP contribution is -2.36. The molecule has 0 fully saturated rings. The van der Waals surface area contributed by atoms with Crippen LogP contribution < -0.4 is 10.6 Å². The highest BCUT2D eigenvalue weighted by molar-refractivity contribution is 6.31. The van der Waals surface area contributed by atoms with E-state index in [1.54, 1.807) is 0 Å². The van der Waals surface area contributed by atoms with Crippen molar-refractivity contribution in [2.24, 2.45) is 0 Å². The Balaban J connectivity index is 1.87. The summed E-state index contributed by atoms with van der Waals surface area (Å²) in [5.74, 6) is 0. The quantitative estimate of drug-likeness (QED) is 0.840. The third kappa shape index (κ3) is 4.50. The molecule has 0 aliphatic carbocycles. The second kappa shape index (κ2) is 7.85. The number of urea groups is 1. The summed E-state index contributed by atoms with van der Waals surface area (Å²) in [5, 5.41) is 6.42. The smallest absolute Gasteiger partial charge is 0.315 e. The van der Waals surface area contributed by atoms with E-state index < -0.39 is 0 Å². The van der Waals surface area contributed by atoms with Gasteiger partial charge in [-0.3, -0.25) is 0 Å². The minimum absolute atomic E-state index is 0.0443. The molecule has 116 valence electrons. The standard InChI is InChI=1S/C18H21ClN2O/c1-3-14-8-10-15(11-9-14)13(2)21-18(22)20-12-16-6-4-5-7-17(16)19/h4-11,13H,3,12H2,1-2H3,(H2,20,21,22). The summed E-state index contributed by atoms with van der Waals surface area (Å²) in [7, 11) is 0. The molecule has 3 nitrogen and oxygen atoms in total. The summed E-state index contributed by atoms with van der Waals surface area (Å²) < 4.78 is 0. The maximum Gasteiger partial charge on any atom is 0.315 e. The third-order valence-electron chi connectivity index (χ3n) is 3.63. The number of benzene rings is 2. The molecule has 0 saturated heterocycles. The predicted octanol–water partition coefficient (Wildman–Crippen LogP) is 4.46. The van der Waals surface area contributed by atoms with Gasteiger partial charge in [0.2, 0.25) is 0 Å². The Kier molecular flexibility index (Phi) is 5.84. The summed E-state index contributed by atoms with van der Waals surface area (Å²) in [4.78, 5) is 12.0. The highest BCUT2D eigenvalue weighted by Crippen LogP contribution is 2.15. The first-order valence-electron chi connectivity index (χ1n) is 7.46. The molecular weight excluding hydrogens is 296 g/mol. The number of hydrogen-bond acceptors (Lipinski definition) is 1. The Morgan fingerprint density at radius 2 is 1.82 bits per heavy atom. The van der Waals surface area contributed by atoms with E-state index in [1.807, 2.05) is 31.2 Å². The fraction of sp³-hybridized carbons (Fsp3) is 0.278. The van der Waals surface area contributed by atoms with Crippen LogP contribution in [-0.2, 0) is 13.0 Å². The first kappa shape index (κ1) is 16.4. The highest BCUT2D eigenvalue weighted by Gasteiger charge is 2.09. The average Bonchev–Trinajstić information content (AvgIpc) is 2.54. The number of amides is 2. The molecule has 2 rings (SSSR count). The van der Waals surface area contributed by atoms with Crippen molar-refractivity contribution in [2.45, 2.75) is 32.9 Å². The fourth-order valence-corrected chi connectivity index (χ4v) is 2.39. The summed E-state index contributed by atoms with van der Waals surface area (Å²) in [6.07, 6.45) is 1.01. The summed E-state index contributed by atoms with van der Waals surface area (Å²) >= 11 is 6.07. The number of nitrogens with one attached hydrogen (secondary N) is 2. The van der Waals surface area contributed by atoms with E-state index in [1.165, 1.54) is 5.56 Å². The van der Waals surface area contributed by atoms with Crippen molar-refractivity contribution in [1.29, 1.82) is 0 Å². The maximum absolute atomic E-state index is 12.0. The molecule has 0 aromatic heterocycles. The van der Waals surface area contributed by atoms with Gasteiger partial charge >= 0.3 is 6.03 Å². The molecule has 0 heterocycles. The molecule has 0 radical (unpaired) electrons. The molecule has 0 saturated carbocycles. The maximum atomic E-state index is 12.0. The van der Waals surface area contributed by atoms with Crippen LogP contribution in [0.2, 0.25) is 5.02 Å². The van der Waals surface area contributed by atoms with Gasteiger partial charge in [0, 0.05) is 11.6 Å². The Morgan fingerprint density at radius 3 is 2.45 bits per heavy atom. The average molecular weight is 317 g/mol. The minimum atomic E-state index is -0.202. The number of carbonyl (C=O) groups excluding carboxylic acids is 1. The lowest BCUT2D eigenvalue weighted by atomic mass is 10.1. The summed E-state index contributed by atoms with van der Waals surface area (Å²) in [5.41, 5.74) is 3.28. The molecule has 2 amide bonds. The summed E-state index contributed by atoms with van der Waals surface area (Å²) in [6.45, 7) is 4.50. The number of halogens is 1. The zero-order valence-electron chi connectivity index (χ0n) is 12.9. The van der Waals surface area contributed by atoms with Crippen LogP contribution in [0, 0.1) is 0 Å². The van der Waals surface area contributed by atoms with Crippen LogP contribution in [0.4, 0.5) is 4.79 Å². The van der Waals surface area contributed by atoms with Gasteiger partial charge in [-0.05, 0) is 36.1 Å². The highest BCUT2D eigenvalue weighted by atomic mass is 35.5. The number of aryl methyl sites for hydroxylation is 1. The lowest BCUT2D eigenvalue weighted by Gasteiger charge is -2.15. The van der Waals surface area contributed by atoms with E-state index in [-0.39, 0.29) is 12.1 Å². The first-order valence-corrected chi connectivity index (χ1v) is 7.84. The van der Waals surface area contributed by atoms with Crippen molar-refractivity contribution in [3.63, 3.8) is 0 Å². The van der Waals surface area contributed by atoms with Crippen LogP contribution in [0.3, 0.4) is 0 Å². The Morgan fingerprint density at radius 1 is 1.14 bits per heavy atom. The molecule has 0 aliphatic rings. The zero-order valence-corrected chi connectivity index (χ0v) is 13.7. The molecule has 1 atom stereocenters. The van der Waals surface area contributed by atoms with Crippen LogP contribution in [0.25, 0.3) is 0 Å². The molecule has 4 heteroatoms. The van der Waals surface area contributed by atoms with E-state index >= 15 is 0 Å². The van der Waals surface area contributed by atoms with Gasteiger partial charge in [-0.1, -0.05) is 61.0 Å². The van der Waals surface area contributed by atoms with Crippen LogP contribution in [0.1, 0.15) is 36.6 Å². The van der Waals surface area contributed by atoms with Gasteiger partial charge in [-0.2, -0.15) is 0 Å². The van der Waals surface area contributed by atoms with E-state index in [2.05, 4.69) is 41.8 Å². The van der Waals surface area contributed by atoms with Crippen molar-refractivity contribution in [3.05, 3.63) is 70.2 Å². The molecule has 0 spiro atoms. The van der Waals surface area contributed by atoms with Crippen molar-refractivity contribution in [1.82, 2.24) is 10.6 Å². The number of hydrogen-bond donors (Lipinski definition) is 2. The van der Waals surface area contributed by atoms with Gasteiger partial charge in [0.1, 0.15) is 0 Å². The van der Waals surface area contributed by atoms with Crippen molar-refractivity contribution < 1.29 is 4.79 Å². The first-order chi connectivity index (χ1) is 10.6. The normalized spacial score (nSPS) is 11.8. The number of carbonyl (C=O) groups is 1. The SMILES string of the molecule is CCc1ccc(C(C)NC(=O)NCc2ccccc2Cl)cc1. The Hall–Kier alpha value is -2.00. The van der Waals surface area contributed by atoms with Crippen molar-refractivity contribution in [3.8, 4) is 0 Å². The molecule has 2 aromatic rings. The van der Waals surface area contributed by atoms with Gasteiger partial charge in [0.25, 0.3) is 0 Å². The largest absolute Gasteiger partial charge is 0.334 e. The predicted molar refractivity (Wildman–Crippen MR) is 91.1 cm³/mol. The molecule has 22 heavy (non-hydrogen) atoms. The third-order valence-corrected chi connectivity index (χ3v) is 4.00. The molecular formula is C18H21ClN2O. The van der Waals surface area contributed by atoms with Gasteiger partial charge in [0.05, 0.1) is 6.04 Å². The molecule has 2 N–H and O–H groups in total. The topological polar surface area (TPSA) is 41.1 Å². The van der Waals surface area contributed by atoms with Gasteiger partial charge < -0.3 is 10.6 Å². The van der Waals surface area contributed by atoms with Gasteiger partial charge in [0.15, 0.2) is 0 Å². The molecule has 1 unspecified atom stereocenters. The van der Waals surface area contributed by atoms with Gasteiger partial charge in [-0.15, -0.1) is 0 Å². The van der Waals surface area contributed by atoms with Crippen LogP contribution in [-0.4, -0.2) is 6.03 Å². The van der Waals surface area contributed by atoms with E-state index in [0.717, 1.165) is 17.5 Å². The molecule has 2 aromatic carbocycles. The van der Waals surface area contributed by atoms with E-state index in [0.29, 0.717) is 11.6 Å². The zero-order chi connectivity index (χ0) is 15.9. The Labute approximate surface area is 136 Å². The number of rotatable bonds is 5. The van der Waals surface area contributed by atoms with Crippen molar-refractivity contribution in [2.75, 3.05) is 0 Å². The van der Waals surface area contributed by atoms with Crippen LogP contribution in [0.15, 0.2) is 48.5 Å². The minimum Gasteiger partial charge on any atom is -0.334 e. The van der Waals surface area contributed by atoms with Crippen LogP contribution in [0.5, 0.6) is 0 Å². The summed E-state index contributed by atoms with van der Waals surface area (Å²) in [6, 6.07) is 15.5. The van der Waals surface area contributed by atoms with Crippen LogP contribution >= 0.6 is 11.6 Å². The second-order valence-electron chi connectivity index (χ2n) is 5.24. The lowest BCUT2D eigenvalue weighted by molar-refractivity contribution is 0.237. The molecule has 0 aliphatic heterocycles. The van der Waals surface area contributed by atoms with Gasteiger partial charge in [-0.25, -0.2) is 4.79 Å². The van der Waals surface area contributed by atoms with E-state index in [9.17, 15) is 4.79 Å². The van der Waals surface area contributed by atoms with Crippen molar-refractivity contribution >= 4 is 17.6 Å². The second-order valence-corrected chi connectivity index (χ2v) is 5.64. The Bertz CT molecular complexity index is 625. The molecule has 0 bridgehead atoms. The fourth-order valence-electron chi connectivity index (χ4n) is 2.19. The van der Waals surface area contributed by atoms with E-state index in [4.69, 9.17) is 11.6 Å².